The lowest BCUT2D eigenvalue weighted by molar-refractivity contribution is -0.384. The number of nitro benzene ring substituents is 1. The third-order valence-corrected chi connectivity index (χ3v) is 6.58. The van der Waals surface area contributed by atoms with Gasteiger partial charge in [-0.05, 0) is 55.4 Å². The third-order valence-electron chi connectivity index (χ3n) is 6.26. The standard InChI is InChI=1S/C23H23N5O2S/c29-28(30)18-10-5-9-17(15-18)26-14-6-12-20(26)22-21(19-11-3-4-13-24-19)25-23(31)27(22)16-7-1-2-8-16/h3-6,9-16,21-22H,1-2,7-8H2,(H,25,31)/t21-,22-/m1/s1. The van der Waals surface area contributed by atoms with Crippen LogP contribution in [0.4, 0.5) is 5.69 Å². The van der Waals surface area contributed by atoms with E-state index < -0.39 is 0 Å². The number of benzene rings is 1. The molecule has 158 valence electrons. The first kappa shape index (κ1) is 19.7. The number of non-ortho nitro benzene ring substituents is 1. The smallest absolute Gasteiger partial charge is 0.271 e. The fourth-order valence-corrected chi connectivity index (χ4v) is 5.27. The SMILES string of the molecule is O=[N+]([O-])c1cccc(-n2cccc2[C@@H]2[C@@H](c3ccccn3)NC(=S)N2C2CCCC2)c1. The average molecular weight is 434 g/mol. The summed E-state index contributed by atoms with van der Waals surface area (Å²) in [5.41, 5.74) is 2.81. The molecule has 7 nitrogen and oxygen atoms in total. The lowest BCUT2D eigenvalue weighted by Gasteiger charge is -2.33. The minimum absolute atomic E-state index is 0.0558. The summed E-state index contributed by atoms with van der Waals surface area (Å²) in [5.74, 6) is 0. The van der Waals surface area contributed by atoms with E-state index in [1.54, 1.807) is 18.3 Å². The molecule has 1 aliphatic carbocycles. The number of thiocarbonyl (C=S) groups is 1. The van der Waals surface area contributed by atoms with Crippen LogP contribution in [0, 0.1) is 10.1 Å². The van der Waals surface area contributed by atoms with Crippen molar-refractivity contribution in [1.82, 2.24) is 19.8 Å². The van der Waals surface area contributed by atoms with Crippen molar-refractivity contribution in [2.24, 2.45) is 0 Å². The Bertz CT molecular complexity index is 1110. The maximum Gasteiger partial charge on any atom is 0.271 e. The van der Waals surface area contributed by atoms with E-state index in [-0.39, 0.29) is 22.7 Å². The van der Waals surface area contributed by atoms with E-state index in [9.17, 15) is 10.1 Å². The van der Waals surface area contributed by atoms with Gasteiger partial charge in [0.25, 0.3) is 5.69 Å². The lowest BCUT2D eigenvalue weighted by Crippen LogP contribution is -2.38. The van der Waals surface area contributed by atoms with Crippen LogP contribution >= 0.6 is 12.2 Å². The number of hydrogen-bond donors (Lipinski definition) is 1. The van der Waals surface area contributed by atoms with Crippen molar-refractivity contribution in [3.05, 3.63) is 88.5 Å². The van der Waals surface area contributed by atoms with Gasteiger partial charge in [0.15, 0.2) is 5.11 Å². The molecular formula is C23H23N5O2S. The Kier molecular flexibility index (Phi) is 5.15. The summed E-state index contributed by atoms with van der Waals surface area (Å²) in [6.45, 7) is 0. The van der Waals surface area contributed by atoms with Crippen molar-refractivity contribution in [3.63, 3.8) is 0 Å². The predicted molar refractivity (Wildman–Crippen MR) is 122 cm³/mol. The molecule has 0 amide bonds. The number of rotatable bonds is 5. The summed E-state index contributed by atoms with van der Waals surface area (Å²) < 4.78 is 2.03. The molecular weight excluding hydrogens is 410 g/mol. The Hall–Kier alpha value is -3.26. The summed E-state index contributed by atoms with van der Waals surface area (Å²) in [5, 5.41) is 15.6. The fraction of sp³-hybridized carbons (Fsp3) is 0.304. The monoisotopic (exact) mass is 433 g/mol. The van der Waals surface area contributed by atoms with Crippen LogP contribution in [0.25, 0.3) is 5.69 Å². The minimum Gasteiger partial charge on any atom is -0.352 e. The largest absolute Gasteiger partial charge is 0.352 e. The average Bonchev–Trinajstić information content (AvgIpc) is 3.53. The number of pyridine rings is 1. The van der Waals surface area contributed by atoms with Gasteiger partial charge in [0.2, 0.25) is 0 Å². The molecule has 1 aromatic carbocycles. The van der Waals surface area contributed by atoms with E-state index in [4.69, 9.17) is 12.2 Å². The van der Waals surface area contributed by atoms with Crippen LogP contribution in [-0.2, 0) is 0 Å². The van der Waals surface area contributed by atoms with Crippen LogP contribution < -0.4 is 5.32 Å². The van der Waals surface area contributed by atoms with Crippen molar-refractivity contribution in [1.29, 1.82) is 0 Å². The second-order valence-corrected chi connectivity index (χ2v) is 8.44. The molecule has 8 heteroatoms. The van der Waals surface area contributed by atoms with Gasteiger partial charge in [-0.1, -0.05) is 25.0 Å². The zero-order valence-electron chi connectivity index (χ0n) is 16.9. The zero-order chi connectivity index (χ0) is 21.4. The first-order chi connectivity index (χ1) is 15.1. The maximum absolute atomic E-state index is 11.3. The van der Waals surface area contributed by atoms with Gasteiger partial charge in [-0.2, -0.15) is 0 Å². The van der Waals surface area contributed by atoms with Crippen molar-refractivity contribution in [2.45, 2.75) is 43.8 Å². The quantitative estimate of drug-likeness (QED) is 0.357. The Balaban J connectivity index is 1.62. The Morgan fingerprint density at radius 1 is 1.10 bits per heavy atom. The molecule has 2 atom stereocenters. The first-order valence-corrected chi connectivity index (χ1v) is 11.0. The van der Waals surface area contributed by atoms with Crippen LogP contribution in [0.15, 0.2) is 67.0 Å². The molecule has 0 spiro atoms. The Morgan fingerprint density at radius 2 is 1.94 bits per heavy atom. The predicted octanol–water partition coefficient (Wildman–Crippen LogP) is 4.70. The van der Waals surface area contributed by atoms with E-state index >= 15 is 0 Å². The van der Waals surface area contributed by atoms with Gasteiger partial charge in [-0.25, -0.2) is 0 Å². The van der Waals surface area contributed by atoms with Gasteiger partial charge in [-0.15, -0.1) is 0 Å². The lowest BCUT2D eigenvalue weighted by atomic mass is 9.99. The molecule has 1 N–H and O–H groups in total. The van der Waals surface area contributed by atoms with Crippen molar-refractivity contribution in [2.75, 3.05) is 0 Å². The molecule has 1 saturated heterocycles. The van der Waals surface area contributed by atoms with Crippen LogP contribution in [0.2, 0.25) is 0 Å². The molecule has 31 heavy (non-hydrogen) atoms. The van der Waals surface area contributed by atoms with Crippen molar-refractivity contribution >= 4 is 23.0 Å². The third kappa shape index (κ3) is 3.57. The fourth-order valence-electron chi connectivity index (χ4n) is 4.88. The van der Waals surface area contributed by atoms with Gasteiger partial charge in [0.1, 0.15) is 0 Å². The molecule has 5 rings (SSSR count). The molecule has 2 aliphatic rings. The van der Waals surface area contributed by atoms with Crippen molar-refractivity contribution in [3.8, 4) is 5.69 Å². The van der Waals surface area contributed by atoms with Crippen LogP contribution in [-0.4, -0.2) is 30.5 Å². The molecule has 2 fully saturated rings. The highest BCUT2D eigenvalue weighted by molar-refractivity contribution is 7.80. The molecule has 0 unspecified atom stereocenters. The van der Waals surface area contributed by atoms with E-state index in [2.05, 4.69) is 21.3 Å². The molecule has 3 heterocycles. The highest BCUT2D eigenvalue weighted by Gasteiger charge is 2.44. The van der Waals surface area contributed by atoms with Gasteiger partial charge in [-0.3, -0.25) is 15.1 Å². The topological polar surface area (TPSA) is 76.2 Å². The Labute approximate surface area is 185 Å². The second-order valence-electron chi connectivity index (χ2n) is 8.05. The number of nitrogens with one attached hydrogen (secondary N) is 1. The van der Waals surface area contributed by atoms with Gasteiger partial charge < -0.3 is 14.8 Å². The van der Waals surface area contributed by atoms with E-state index in [1.807, 2.05) is 41.1 Å². The highest BCUT2D eigenvalue weighted by atomic mass is 32.1. The van der Waals surface area contributed by atoms with E-state index in [0.717, 1.165) is 35.0 Å². The highest BCUT2D eigenvalue weighted by Crippen LogP contribution is 2.43. The van der Waals surface area contributed by atoms with E-state index in [1.165, 1.54) is 18.9 Å². The summed E-state index contributed by atoms with van der Waals surface area (Å²) in [4.78, 5) is 17.9. The van der Waals surface area contributed by atoms with Crippen LogP contribution in [0.1, 0.15) is 49.2 Å². The summed E-state index contributed by atoms with van der Waals surface area (Å²) in [7, 11) is 0. The first-order valence-electron chi connectivity index (χ1n) is 10.6. The molecule has 2 aromatic heterocycles. The molecule has 1 aliphatic heterocycles. The van der Waals surface area contributed by atoms with Gasteiger partial charge >= 0.3 is 0 Å². The molecule has 0 bridgehead atoms. The normalized spacial score (nSPS) is 21.4. The second kappa shape index (κ2) is 8.11. The number of nitro groups is 1. The number of hydrogen-bond acceptors (Lipinski definition) is 4. The minimum atomic E-state index is -0.361. The van der Waals surface area contributed by atoms with Crippen LogP contribution in [0.5, 0.6) is 0 Å². The molecule has 0 radical (unpaired) electrons. The van der Waals surface area contributed by atoms with Gasteiger partial charge in [0.05, 0.1) is 28.4 Å². The number of nitrogens with zero attached hydrogens (tertiary/aromatic N) is 4. The molecule has 1 saturated carbocycles. The van der Waals surface area contributed by atoms with Gasteiger partial charge in [0, 0.05) is 36.3 Å². The zero-order valence-corrected chi connectivity index (χ0v) is 17.7. The van der Waals surface area contributed by atoms with E-state index in [0.29, 0.717) is 6.04 Å². The number of aromatic nitrogens is 2. The Morgan fingerprint density at radius 3 is 2.68 bits per heavy atom. The summed E-state index contributed by atoms with van der Waals surface area (Å²) in [6.07, 6.45) is 8.40. The summed E-state index contributed by atoms with van der Waals surface area (Å²) >= 11 is 5.81. The summed E-state index contributed by atoms with van der Waals surface area (Å²) in [6, 6.07) is 17.0. The maximum atomic E-state index is 11.3. The molecule has 3 aromatic rings. The van der Waals surface area contributed by atoms with Crippen molar-refractivity contribution < 1.29 is 4.92 Å². The van der Waals surface area contributed by atoms with Crippen LogP contribution in [0.3, 0.4) is 0 Å².